The van der Waals surface area contributed by atoms with Gasteiger partial charge in [0, 0.05) is 43.9 Å². The van der Waals surface area contributed by atoms with Crippen molar-refractivity contribution in [1.82, 2.24) is 15.1 Å². The highest BCUT2D eigenvalue weighted by atomic mass is 16.5. The zero-order valence-corrected chi connectivity index (χ0v) is 16.8. The van der Waals surface area contributed by atoms with Crippen molar-refractivity contribution in [3.8, 4) is 22.8 Å². The number of nitrogens with one attached hydrogen (secondary N) is 1. The average molecular weight is 386 g/mol. The molecule has 0 radical (unpaired) electrons. The monoisotopic (exact) mass is 385 g/mol. The third-order valence-corrected chi connectivity index (χ3v) is 5.39. The smallest absolute Gasteiger partial charge is 0.161 e. The van der Waals surface area contributed by atoms with E-state index in [2.05, 4.69) is 22.7 Å². The summed E-state index contributed by atoms with van der Waals surface area (Å²) in [6, 6.07) is 6.10. The summed E-state index contributed by atoms with van der Waals surface area (Å²) in [5.41, 5.74) is 3.24. The molecule has 0 spiro atoms. The summed E-state index contributed by atoms with van der Waals surface area (Å²) in [5.74, 6) is 1.63. The van der Waals surface area contributed by atoms with Crippen molar-refractivity contribution < 1.29 is 14.2 Å². The van der Waals surface area contributed by atoms with Crippen LogP contribution in [0.15, 0.2) is 24.4 Å². The number of hydrogen-bond acceptors (Lipinski definition) is 5. The van der Waals surface area contributed by atoms with Gasteiger partial charge in [-0.05, 0) is 44.0 Å². The topological polar surface area (TPSA) is 57.5 Å². The Balaban J connectivity index is 1.32. The summed E-state index contributed by atoms with van der Waals surface area (Å²) in [6.07, 6.45) is 9.66. The van der Waals surface area contributed by atoms with Crippen LogP contribution in [0, 0.1) is 0 Å². The van der Waals surface area contributed by atoms with Gasteiger partial charge in [0.2, 0.25) is 0 Å². The van der Waals surface area contributed by atoms with Crippen LogP contribution in [0.25, 0.3) is 11.3 Å². The highest BCUT2D eigenvalue weighted by Crippen LogP contribution is 2.34. The number of nitrogens with zero attached hydrogens (tertiary/aromatic N) is 2. The Bertz CT molecular complexity index is 768. The minimum atomic E-state index is 0.504. The third kappa shape index (κ3) is 4.86. The van der Waals surface area contributed by atoms with Gasteiger partial charge in [0.05, 0.1) is 25.0 Å². The lowest BCUT2D eigenvalue weighted by Gasteiger charge is -2.11. The second-order valence-electron chi connectivity index (χ2n) is 7.70. The van der Waals surface area contributed by atoms with Crippen molar-refractivity contribution in [3.05, 3.63) is 30.0 Å². The van der Waals surface area contributed by atoms with E-state index in [4.69, 9.17) is 14.2 Å². The molecular weight excluding hydrogens is 354 g/mol. The van der Waals surface area contributed by atoms with Crippen molar-refractivity contribution in [1.29, 1.82) is 0 Å². The van der Waals surface area contributed by atoms with E-state index >= 15 is 0 Å². The highest BCUT2D eigenvalue weighted by Gasteiger charge is 2.16. The molecule has 0 bridgehead atoms. The Morgan fingerprint density at radius 2 is 1.96 bits per heavy atom. The first kappa shape index (κ1) is 19.3. The van der Waals surface area contributed by atoms with E-state index in [0.717, 1.165) is 55.3 Å². The van der Waals surface area contributed by atoms with Gasteiger partial charge in [0.15, 0.2) is 11.5 Å². The fourth-order valence-electron chi connectivity index (χ4n) is 3.95. The Kier molecular flexibility index (Phi) is 6.49. The van der Waals surface area contributed by atoms with Crippen LogP contribution in [0.5, 0.6) is 11.5 Å². The summed E-state index contributed by atoms with van der Waals surface area (Å²) in [6.45, 7) is 3.98. The van der Waals surface area contributed by atoms with Crippen molar-refractivity contribution in [2.24, 2.45) is 7.05 Å². The van der Waals surface area contributed by atoms with Crippen LogP contribution in [-0.2, 0) is 18.3 Å². The van der Waals surface area contributed by atoms with Crippen LogP contribution in [0.2, 0.25) is 0 Å². The molecular formula is C22H31N3O3. The van der Waals surface area contributed by atoms with E-state index in [1.165, 1.54) is 31.2 Å². The number of benzene rings is 1. The van der Waals surface area contributed by atoms with E-state index in [1.54, 1.807) is 0 Å². The van der Waals surface area contributed by atoms with Crippen molar-refractivity contribution >= 4 is 0 Å². The summed E-state index contributed by atoms with van der Waals surface area (Å²) < 4.78 is 19.4. The molecule has 6 nitrogen and oxygen atoms in total. The quantitative estimate of drug-likeness (QED) is 0.703. The normalized spacial score (nSPS) is 17.0. The zero-order chi connectivity index (χ0) is 19.2. The molecule has 2 heterocycles. The van der Waals surface area contributed by atoms with Crippen LogP contribution < -0.4 is 14.8 Å². The molecule has 0 amide bonds. The molecule has 1 fully saturated rings. The van der Waals surface area contributed by atoms with Crippen LogP contribution >= 0.6 is 0 Å². The van der Waals surface area contributed by atoms with Gasteiger partial charge in [-0.1, -0.05) is 12.8 Å². The van der Waals surface area contributed by atoms with Crippen LogP contribution in [-0.4, -0.2) is 42.2 Å². The third-order valence-electron chi connectivity index (χ3n) is 5.39. The molecule has 2 aliphatic rings. The molecule has 0 atom stereocenters. The fourth-order valence-corrected chi connectivity index (χ4v) is 3.95. The van der Waals surface area contributed by atoms with Crippen LogP contribution in [0.1, 0.15) is 44.1 Å². The molecule has 1 aromatic carbocycles. The number of aromatic nitrogens is 2. The lowest BCUT2D eigenvalue weighted by atomic mass is 10.1. The molecule has 0 unspecified atom stereocenters. The van der Waals surface area contributed by atoms with E-state index in [0.29, 0.717) is 19.3 Å². The lowest BCUT2D eigenvalue weighted by Crippen LogP contribution is -2.18. The molecule has 0 saturated heterocycles. The second-order valence-corrected chi connectivity index (χ2v) is 7.70. The van der Waals surface area contributed by atoms with Gasteiger partial charge in [-0.3, -0.25) is 4.68 Å². The van der Waals surface area contributed by atoms with Crippen molar-refractivity contribution in [2.45, 2.75) is 51.2 Å². The standard InChI is InChI=1S/C22H31N3O3/c1-25-16-18(15-23-10-4-11-26-19-6-2-3-7-19)22(24-25)17-8-9-20-21(14-17)28-13-5-12-27-20/h8-9,14,16,19,23H,2-7,10-13,15H2,1H3. The van der Waals surface area contributed by atoms with E-state index in [9.17, 15) is 0 Å². The summed E-state index contributed by atoms with van der Waals surface area (Å²) in [5, 5.41) is 8.21. The first-order valence-electron chi connectivity index (χ1n) is 10.5. The lowest BCUT2D eigenvalue weighted by molar-refractivity contribution is 0.0568. The molecule has 6 heteroatoms. The van der Waals surface area contributed by atoms with Gasteiger partial charge in [0.25, 0.3) is 0 Å². The van der Waals surface area contributed by atoms with Crippen LogP contribution in [0.3, 0.4) is 0 Å². The molecule has 1 saturated carbocycles. The number of aryl methyl sites for hydroxylation is 1. The van der Waals surface area contributed by atoms with Crippen molar-refractivity contribution in [3.63, 3.8) is 0 Å². The van der Waals surface area contributed by atoms with Gasteiger partial charge < -0.3 is 19.5 Å². The summed E-state index contributed by atoms with van der Waals surface area (Å²) in [7, 11) is 1.96. The zero-order valence-electron chi connectivity index (χ0n) is 16.8. The number of rotatable bonds is 8. The minimum absolute atomic E-state index is 0.504. The van der Waals surface area contributed by atoms with Gasteiger partial charge in [0.1, 0.15) is 0 Å². The molecule has 1 N–H and O–H groups in total. The SMILES string of the molecule is Cn1cc(CNCCCOC2CCCC2)c(-c2ccc3c(c2)OCCCO3)n1. The van der Waals surface area contributed by atoms with E-state index in [1.807, 2.05) is 23.9 Å². The molecule has 4 rings (SSSR count). The first-order valence-corrected chi connectivity index (χ1v) is 10.5. The van der Waals surface area contributed by atoms with Crippen LogP contribution in [0.4, 0.5) is 0 Å². The fraction of sp³-hybridized carbons (Fsp3) is 0.591. The molecule has 1 aliphatic heterocycles. The Labute approximate surface area is 167 Å². The predicted molar refractivity (Wildman–Crippen MR) is 109 cm³/mol. The molecule has 2 aromatic rings. The number of hydrogen-bond donors (Lipinski definition) is 1. The predicted octanol–water partition coefficient (Wildman–Crippen LogP) is 3.69. The maximum absolute atomic E-state index is 5.93. The van der Waals surface area contributed by atoms with Gasteiger partial charge in [-0.2, -0.15) is 5.10 Å². The summed E-state index contributed by atoms with van der Waals surface area (Å²) in [4.78, 5) is 0. The Morgan fingerprint density at radius 3 is 2.82 bits per heavy atom. The van der Waals surface area contributed by atoms with Gasteiger partial charge in [-0.25, -0.2) is 0 Å². The van der Waals surface area contributed by atoms with Crippen molar-refractivity contribution in [2.75, 3.05) is 26.4 Å². The molecule has 152 valence electrons. The molecule has 1 aromatic heterocycles. The number of fused-ring (bicyclic) bond motifs is 1. The van der Waals surface area contributed by atoms with E-state index < -0.39 is 0 Å². The maximum Gasteiger partial charge on any atom is 0.161 e. The van der Waals surface area contributed by atoms with Gasteiger partial charge in [-0.15, -0.1) is 0 Å². The minimum Gasteiger partial charge on any atom is -0.490 e. The maximum atomic E-state index is 5.93. The molecule has 28 heavy (non-hydrogen) atoms. The summed E-state index contributed by atoms with van der Waals surface area (Å²) >= 11 is 0. The largest absolute Gasteiger partial charge is 0.490 e. The second kappa shape index (κ2) is 9.43. The average Bonchev–Trinajstić information content (AvgIpc) is 3.28. The molecule has 1 aliphatic carbocycles. The first-order chi connectivity index (χ1) is 13.8. The number of ether oxygens (including phenoxy) is 3. The van der Waals surface area contributed by atoms with E-state index in [-0.39, 0.29) is 0 Å². The highest BCUT2D eigenvalue weighted by molar-refractivity contribution is 5.66. The van der Waals surface area contributed by atoms with Gasteiger partial charge >= 0.3 is 0 Å². The Morgan fingerprint density at radius 1 is 1.14 bits per heavy atom. The Hall–Kier alpha value is -2.05.